The standard InChI is InChI=1S/C42H54N8O6/c1-23(2)34(47-41(53)55-7)39(51)49(6)25(5)37-43-22-32(45-37)27-16-14-26(15-17-27)28-18-19-30-29(21-28)11-9-12-31-36(30)46-38(44-31)33-13-10-20-50(33)40(52)35(24(3)4)48-42(54)56-8/h14-19,21-25,33-35H,9-13,20H2,1-8H3,(H,43,45)(H,44,46)(H,47,53)(H,48,54)/t25-,33?,34-,35-/m0/s1. The van der Waals surface area contributed by atoms with Crippen molar-refractivity contribution in [1.29, 1.82) is 0 Å². The molecule has 1 saturated heterocycles. The molecule has 4 amide bonds. The van der Waals surface area contributed by atoms with Crippen molar-refractivity contribution in [2.75, 3.05) is 27.8 Å². The van der Waals surface area contributed by atoms with Crippen LogP contribution in [0.2, 0.25) is 0 Å². The quantitative estimate of drug-likeness (QED) is 0.133. The van der Waals surface area contributed by atoms with E-state index in [2.05, 4.69) is 68.1 Å². The lowest BCUT2D eigenvalue weighted by Crippen LogP contribution is -2.51. The molecule has 0 radical (unpaired) electrons. The number of amides is 4. The summed E-state index contributed by atoms with van der Waals surface area (Å²) in [6.07, 6.45) is 4.92. The molecule has 1 fully saturated rings. The van der Waals surface area contributed by atoms with Gasteiger partial charge in [0.2, 0.25) is 11.8 Å². The first-order chi connectivity index (χ1) is 26.8. The molecule has 1 aliphatic heterocycles. The fraction of sp³-hybridized carbons (Fsp3) is 0.476. The zero-order valence-corrected chi connectivity index (χ0v) is 33.6. The van der Waals surface area contributed by atoms with Gasteiger partial charge in [-0.1, -0.05) is 70.2 Å². The number of carbonyl (C=O) groups excluding carboxylic acids is 4. The highest BCUT2D eigenvalue weighted by Gasteiger charge is 2.38. The number of nitrogens with zero attached hydrogens (tertiary/aromatic N) is 4. The van der Waals surface area contributed by atoms with Gasteiger partial charge in [0.25, 0.3) is 0 Å². The van der Waals surface area contributed by atoms with Crippen LogP contribution < -0.4 is 10.6 Å². The molecular formula is C42H54N8O6. The van der Waals surface area contributed by atoms with Gasteiger partial charge in [-0.25, -0.2) is 19.6 Å². The number of carbonyl (C=O) groups is 4. The molecule has 1 aliphatic carbocycles. The lowest BCUT2D eigenvalue weighted by Gasteiger charge is -2.30. The summed E-state index contributed by atoms with van der Waals surface area (Å²) >= 11 is 0. The normalized spacial score (nSPS) is 16.7. The van der Waals surface area contributed by atoms with Gasteiger partial charge in [0.15, 0.2) is 0 Å². The molecule has 1 unspecified atom stereocenters. The van der Waals surface area contributed by atoms with Crippen LogP contribution in [0.15, 0.2) is 48.7 Å². The molecule has 0 bridgehead atoms. The summed E-state index contributed by atoms with van der Waals surface area (Å²) in [7, 11) is 4.27. The number of benzene rings is 2. The zero-order valence-electron chi connectivity index (χ0n) is 33.6. The number of aromatic amines is 2. The molecule has 4 aromatic rings. The van der Waals surface area contributed by atoms with E-state index < -0.39 is 24.3 Å². The summed E-state index contributed by atoms with van der Waals surface area (Å²) in [5, 5.41) is 5.37. The molecule has 6 rings (SSSR count). The number of likely N-dealkylation sites (N-methyl/N-ethyl adjacent to an activating group) is 1. The van der Waals surface area contributed by atoms with Crippen molar-refractivity contribution in [2.45, 2.75) is 90.9 Å². The highest BCUT2D eigenvalue weighted by Crippen LogP contribution is 2.38. The maximum atomic E-state index is 13.7. The van der Waals surface area contributed by atoms with Crippen LogP contribution in [0.25, 0.3) is 33.6 Å². The van der Waals surface area contributed by atoms with Crippen molar-refractivity contribution in [1.82, 2.24) is 40.4 Å². The predicted molar refractivity (Wildman–Crippen MR) is 212 cm³/mol. The molecule has 2 aromatic heterocycles. The number of hydrogen-bond donors (Lipinski definition) is 4. The predicted octanol–water partition coefficient (Wildman–Crippen LogP) is 6.57. The van der Waals surface area contributed by atoms with E-state index in [9.17, 15) is 19.2 Å². The zero-order chi connectivity index (χ0) is 40.3. The number of aromatic nitrogens is 4. The highest BCUT2D eigenvalue weighted by molar-refractivity contribution is 5.87. The maximum Gasteiger partial charge on any atom is 0.407 e. The van der Waals surface area contributed by atoms with Gasteiger partial charge >= 0.3 is 12.2 Å². The molecule has 4 N–H and O–H groups in total. The van der Waals surface area contributed by atoms with Crippen molar-refractivity contribution < 1.29 is 28.7 Å². The van der Waals surface area contributed by atoms with Crippen LogP contribution in [0.1, 0.15) is 88.9 Å². The number of rotatable bonds is 11. The van der Waals surface area contributed by atoms with E-state index in [0.29, 0.717) is 12.4 Å². The largest absolute Gasteiger partial charge is 0.453 e. The van der Waals surface area contributed by atoms with Gasteiger partial charge in [-0.15, -0.1) is 0 Å². The number of H-pyrrole nitrogens is 2. The second-order valence-corrected chi connectivity index (χ2v) is 15.5. The minimum absolute atomic E-state index is 0.103. The van der Waals surface area contributed by atoms with Gasteiger partial charge in [0.05, 0.1) is 43.9 Å². The monoisotopic (exact) mass is 766 g/mol. The summed E-state index contributed by atoms with van der Waals surface area (Å²) in [6, 6.07) is 12.9. The minimum atomic E-state index is -0.731. The number of likely N-dealkylation sites (tertiary alicyclic amines) is 1. The van der Waals surface area contributed by atoms with E-state index in [1.807, 2.05) is 39.5 Å². The number of fused-ring (bicyclic) bond motifs is 3. The topological polar surface area (TPSA) is 175 Å². The summed E-state index contributed by atoms with van der Waals surface area (Å²) < 4.78 is 9.51. The summed E-state index contributed by atoms with van der Waals surface area (Å²) in [6.45, 7) is 10.1. The first-order valence-electron chi connectivity index (χ1n) is 19.4. The number of hydrogen-bond acceptors (Lipinski definition) is 8. The fourth-order valence-corrected chi connectivity index (χ4v) is 7.68. The smallest absolute Gasteiger partial charge is 0.407 e. The number of imidazole rings is 2. The molecular weight excluding hydrogens is 713 g/mol. The van der Waals surface area contributed by atoms with Gasteiger partial charge in [-0.3, -0.25) is 9.59 Å². The Morgan fingerprint density at radius 2 is 1.48 bits per heavy atom. The fourth-order valence-electron chi connectivity index (χ4n) is 7.68. The van der Waals surface area contributed by atoms with Crippen molar-refractivity contribution in [3.8, 4) is 33.6 Å². The number of methoxy groups -OCH3 is 2. The molecule has 2 aromatic carbocycles. The lowest BCUT2D eigenvalue weighted by atomic mass is 9.95. The first kappa shape index (κ1) is 40.0. The van der Waals surface area contributed by atoms with Crippen LogP contribution in [0.3, 0.4) is 0 Å². The van der Waals surface area contributed by atoms with Crippen LogP contribution >= 0.6 is 0 Å². The molecule has 14 nitrogen and oxygen atoms in total. The van der Waals surface area contributed by atoms with Gasteiger partial charge < -0.3 is 39.9 Å². The Kier molecular flexibility index (Phi) is 12.2. The Labute approximate surface area is 328 Å². The third-order valence-electron chi connectivity index (χ3n) is 11.1. The van der Waals surface area contributed by atoms with Crippen LogP contribution in [-0.4, -0.2) is 93.6 Å². The van der Waals surface area contributed by atoms with Crippen molar-refractivity contribution in [3.05, 3.63) is 71.6 Å². The summed E-state index contributed by atoms with van der Waals surface area (Å²) in [5.74, 6) is 0.835. The molecule has 56 heavy (non-hydrogen) atoms. The third-order valence-corrected chi connectivity index (χ3v) is 11.1. The number of alkyl carbamates (subject to hydrolysis) is 2. The second-order valence-electron chi connectivity index (χ2n) is 15.5. The van der Waals surface area contributed by atoms with E-state index in [1.54, 1.807) is 18.1 Å². The molecule has 2 aliphatic rings. The minimum Gasteiger partial charge on any atom is -0.453 e. The van der Waals surface area contributed by atoms with Crippen LogP contribution in [-0.2, 0) is 31.9 Å². The number of ether oxygens (including phenoxy) is 2. The molecule has 3 heterocycles. The van der Waals surface area contributed by atoms with E-state index in [0.717, 1.165) is 77.3 Å². The van der Waals surface area contributed by atoms with Gasteiger partial charge in [0.1, 0.15) is 23.7 Å². The van der Waals surface area contributed by atoms with Crippen LogP contribution in [0.5, 0.6) is 0 Å². The van der Waals surface area contributed by atoms with E-state index in [-0.39, 0.29) is 35.7 Å². The Morgan fingerprint density at radius 3 is 2.14 bits per heavy atom. The van der Waals surface area contributed by atoms with Crippen LogP contribution in [0, 0.1) is 11.8 Å². The SMILES string of the molecule is COC(=O)N[C@H](C(=O)N1CCCC1c1nc2c([nH]1)CCCc1cc(-c3ccc(-c4cnc([C@H](C)N(C)C(=O)[C@@H](NC(=O)OC)C(C)C)[nH]4)cc3)ccc1-2)C(C)C. The summed E-state index contributed by atoms with van der Waals surface area (Å²) in [5.41, 5.74) is 8.36. The van der Waals surface area contributed by atoms with Gasteiger partial charge in [0, 0.05) is 24.8 Å². The third kappa shape index (κ3) is 8.29. The Hall–Kier alpha value is -5.66. The van der Waals surface area contributed by atoms with E-state index in [4.69, 9.17) is 14.5 Å². The van der Waals surface area contributed by atoms with Crippen molar-refractivity contribution in [2.24, 2.45) is 11.8 Å². The average molecular weight is 767 g/mol. The van der Waals surface area contributed by atoms with E-state index in [1.165, 1.54) is 19.8 Å². The van der Waals surface area contributed by atoms with E-state index >= 15 is 0 Å². The first-order valence-corrected chi connectivity index (χ1v) is 19.4. The molecule has 4 atom stereocenters. The summed E-state index contributed by atoms with van der Waals surface area (Å²) in [4.78, 5) is 71.1. The van der Waals surface area contributed by atoms with Crippen molar-refractivity contribution in [3.63, 3.8) is 0 Å². The van der Waals surface area contributed by atoms with Crippen LogP contribution in [0.4, 0.5) is 9.59 Å². The van der Waals surface area contributed by atoms with Gasteiger partial charge in [-0.05, 0) is 73.1 Å². The molecule has 298 valence electrons. The van der Waals surface area contributed by atoms with Gasteiger partial charge in [-0.2, -0.15) is 0 Å². The Bertz CT molecular complexity index is 2050. The van der Waals surface area contributed by atoms with Crippen molar-refractivity contribution >= 4 is 24.0 Å². The Balaban J connectivity index is 1.17. The molecule has 0 spiro atoms. The number of aryl methyl sites for hydroxylation is 2. The second kappa shape index (κ2) is 17.0. The molecule has 0 saturated carbocycles. The molecule has 14 heteroatoms. The Morgan fingerprint density at radius 1 is 0.839 bits per heavy atom. The maximum absolute atomic E-state index is 13.7. The average Bonchev–Trinajstić information content (AvgIpc) is 3.96. The highest BCUT2D eigenvalue weighted by atomic mass is 16.5. The lowest BCUT2D eigenvalue weighted by molar-refractivity contribution is -0.136. The number of nitrogens with one attached hydrogen (secondary N) is 4.